The number of hydrogen-bond acceptors (Lipinski definition) is 3. The molecule has 3 rings (SSSR count). The highest BCUT2D eigenvalue weighted by Crippen LogP contribution is 2.29. The molecule has 2 atom stereocenters. The van der Waals surface area contributed by atoms with Gasteiger partial charge in [-0.25, -0.2) is 0 Å². The van der Waals surface area contributed by atoms with Gasteiger partial charge in [-0.2, -0.15) is 0 Å². The zero-order valence-electron chi connectivity index (χ0n) is 14.7. The van der Waals surface area contributed by atoms with Crippen LogP contribution in [0.2, 0.25) is 0 Å². The van der Waals surface area contributed by atoms with Crippen LogP contribution in [0.3, 0.4) is 0 Å². The van der Waals surface area contributed by atoms with E-state index in [4.69, 9.17) is 9.47 Å². The Kier molecular flexibility index (Phi) is 5.89. The first kappa shape index (κ1) is 17.0. The highest BCUT2D eigenvalue weighted by Gasteiger charge is 2.21. The highest BCUT2D eigenvalue weighted by molar-refractivity contribution is 5.70. The molecule has 24 heavy (non-hydrogen) atoms. The van der Waals surface area contributed by atoms with Gasteiger partial charge >= 0.3 is 0 Å². The van der Waals surface area contributed by atoms with E-state index in [2.05, 4.69) is 61.2 Å². The van der Waals surface area contributed by atoms with E-state index in [0.29, 0.717) is 12.2 Å². The van der Waals surface area contributed by atoms with Crippen LogP contribution in [0.25, 0.3) is 11.1 Å². The van der Waals surface area contributed by atoms with Crippen molar-refractivity contribution in [3.05, 3.63) is 54.6 Å². The summed E-state index contributed by atoms with van der Waals surface area (Å²) in [6.07, 6.45) is 1.68. The Morgan fingerprint density at radius 2 is 1.62 bits per heavy atom. The van der Waals surface area contributed by atoms with Crippen LogP contribution in [0, 0.1) is 0 Å². The normalized spacial score (nSPS) is 21.6. The summed E-state index contributed by atoms with van der Waals surface area (Å²) in [7, 11) is 0. The molecular weight excluding hydrogens is 298 g/mol. The lowest BCUT2D eigenvalue weighted by atomic mass is 10.1. The van der Waals surface area contributed by atoms with E-state index in [-0.39, 0.29) is 0 Å². The molecule has 0 aliphatic carbocycles. The molecule has 0 amide bonds. The first-order chi connectivity index (χ1) is 11.7. The fourth-order valence-corrected chi connectivity index (χ4v) is 3.39. The molecule has 1 aliphatic rings. The van der Waals surface area contributed by atoms with Crippen molar-refractivity contribution in [2.24, 2.45) is 0 Å². The Morgan fingerprint density at radius 1 is 0.958 bits per heavy atom. The first-order valence-electron chi connectivity index (χ1n) is 8.87. The Hall–Kier alpha value is -1.84. The molecular formula is C21H27NO2. The predicted octanol–water partition coefficient (Wildman–Crippen LogP) is 4.23. The van der Waals surface area contributed by atoms with Gasteiger partial charge in [-0.1, -0.05) is 48.5 Å². The monoisotopic (exact) mass is 325 g/mol. The molecule has 0 unspecified atom stereocenters. The van der Waals surface area contributed by atoms with Gasteiger partial charge < -0.3 is 9.47 Å². The van der Waals surface area contributed by atoms with Crippen molar-refractivity contribution in [2.45, 2.75) is 32.5 Å². The zero-order chi connectivity index (χ0) is 16.8. The smallest absolute Gasteiger partial charge is 0.127 e. The fraction of sp³-hybridized carbons (Fsp3) is 0.429. The van der Waals surface area contributed by atoms with Crippen LogP contribution in [0.1, 0.15) is 20.3 Å². The number of benzene rings is 2. The summed E-state index contributed by atoms with van der Waals surface area (Å²) in [4.78, 5) is 2.48. The summed E-state index contributed by atoms with van der Waals surface area (Å²) in [5, 5.41) is 0. The minimum atomic E-state index is 0.327. The van der Waals surface area contributed by atoms with E-state index >= 15 is 0 Å². The summed E-state index contributed by atoms with van der Waals surface area (Å²) >= 11 is 0. The molecule has 0 saturated carbocycles. The Balaban J connectivity index is 1.52. The van der Waals surface area contributed by atoms with Gasteiger partial charge in [0.05, 0.1) is 18.8 Å². The van der Waals surface area contributed by atoms with Gasteiger partial charge in [0.25, 0.3) is 0 Å². The minimum absolute atomic E-state index is 0.327. The van der Waals surface area contributed by atoms with E-state index in [1.807, 2.05) is 12.1 Å². The van der Waals surface area contributed by atoms with Gasteiger partial charge in [-0.05, 0) is 31.9 Å². The number of hydrogen-bond donors (Lipinski definition) is 0. The van der Waals surface area contributed by atoms with Crippen LogP contribution in [0.15, 0.2) is 54.6 Å². The third-order valence-electron chi connectivity index (χ3n) is 4.34. The number of para-hydroxylation sites is 1. The van der Waals surface area contributed by atoms with Gasteiger partial charge in [0.15, 0.2) is 0 Å². The number of morpholine rings is 1. The van der Waals surface area contributed by atoms with E-state index in [0.717, 1.165) is 44.0 Å². The second-order valence-corrected chi connectivity index (χ2v) is 6.58. The summed E-state index contributed by atoms with van der Waals surface area (Å²) in [5.74, 6) is 0.965. The van der Waals surface area contributed by atoms with Crippen molar-refractivity contribution < 1.29 is 9.47 Å². The molecule has 1 heterocycles. The second-order valence-electron chi connectivity index (χ2n) is 6.58. The third-order valence-corrected chi connectivity index (χ3v) is 4.34. The largest absolute Gasteiger partial charge is 0.493 e. The Bertz CT molecular complexity index is 619. The second kappa shape index (κ2) is 8.32. The summed E-state index contributed by atoms with van der Waals surface area (Å²) in [6.45, 7) is 8.13. The summed E-state index contributed by atoms with van der Waals surface area (Å²) in [5.41, 5.74) is 2.36. The molecule has 1 aliphatic heterocycles. The molecule has 0 spiro atoms. The average Bonchev–Trinajstić information content (AvgIpc) is 2.59. The minimum Gasteiger partial charge on any atom is -0.493 e. The molecule has 2 aromatic carbocycles. The Labute approximate surface area is 145 Å². The molecule has 0 aromatic heterocycles. The molecule has 0 radical (unpaired) electrons. The zero-order valence-corrected chi connectivity index (χ0v) is 14.7. The first-order valence-corrected chi connectivity index (χ1v) is 8.87. The lowest BCUT2D eigenvalue weighted by Gasteiger charge is -2.35. The summed E-state index contributed by atoms with van der Waals surface area (Å²) < 4.78 is 11.9. The number of rotatable bonds is 6. The third kappa shape index (κ3) is 4.59. The average molecular weight is 325 g/mol. The van der Waals surface area contributed by atoms with E-state index in [1.54, 1.807) is 0 Å². The molecule has 0 N–H and O–H groups in total. The van der Waals surface area contributed by atoms with E-state index < -0.39 is 0 Å². The molecule has 3 heteroatoms. The fourth-order valence-electron chi connectivity index (χ4n) is 3.39. The number of nitrogens with zero attached hydrogens (tertiary/aromatic N) is 1. The highest BCUT2D eigenvalue weighted by atomic mass is 16.5. The van der Waals surface area contributed by atoms with Crippen LogP contribution in [0.4, 0.5) is 0 Å². The van der Waals surface area contributed by atoms with Gasteiger partial charge in [-0.3, -0.25) is 4.90 Å². The molecule has 128 valence electrons. The SMILES string of the molecule is C[C@@H]1CN(CCCOc2ccccc2-c2ccccc2)C[C@H](C)O1. The van der Waals surface area contributed by atoms with Crippen molar-refractivity contribution >= 4 is 0 Å². The van der Waals surface area contributed by atoms with Crippen LogP contribution >= 0.6 is 0 Å². The van der Waals surface area contributed by atoms with Crippen molar-refractivity contribution in [3.8, 4) is 16.9 Å². The quantitative estimate of drug-likeness (QED) is 0.742. The summed E-state index contributed by atoms with van der Waals surface area (Å²) in [6, 6.07) is 18.7. The van der Waals surface area contributed by atoms with Gasteiger partial charge in [0.2, 0.25) is 0 Å². The molecule has 2 aromatic rings. The van der Waals surface area contributed by atoms with Crippen LogP contribution < -0.4 is 4.74 Å². The lowest BCUT2D eigenvalue weighted by Crippen LogP contribution is -2.45. The Morgan fingerprint density at radius 3 is 2.38 bits per heavy atom. The molecule has 1 saturated heterocycles. The standard InChI is InChI=1S/C21H27NO2/c1-17-15-22(16-18(2)24-17)13-8-14-23-21-12-7-6-11-20(21)19-9-4-3-5-10-19/h3-7,9-12,17-18H,8,13-16H2,1-2H3/t17-,18+. The maximum absolute atomic E-state index is 6.08. The van der Waals surface area contributed by atoms with E-state index in [1.165, 1.54) is 5.56 Å². The lowest BCUT2D eigenvalue weighted by molar-refractivity contribution is -0.0686. The van der Waals surface area contributed by atoms with Crippen LogP contribution in [-0.4, -0.2) is 43.3 Å². The topological polar surface area (TPSA) is 21.7 Å². The van der Waals surface area contributed by atoms with Crippen LogP contribution in [-0.2, 0) is 4.74 Å². The van der Waals surface area contributed by atoms with Crippen LogP contribution in [0.5, 0.6) is 5.75 Å². The van der Waals surface area contributed by atoms with Gasteiger partial charge in [0.1, 0.15) is 5.75 Å². The van der Waals surface area contributed by atoms with Crippen molar-refractivity contribution in [2.75, 3.05) is 26.2 Å². The van der Waals surface area contributed by atoms with Crippen molar-refractivity contribution in [1.29, 1.82) is 0 Å². The molecule has 0 bridgehead atoms. The van der Waals surface area contributed by atoms with Crippen molar-refractivity contribution in [1.82, 2.24) is 4.90 Å². The van der Waals surface area contributed by atoms with E-state index in [9.17, 15) is 0 Å². The molecule has 1 fully saturated rings. The van der Waals surface area contributed by atoms with Gasteiger partial charge in [0, 0.05) is 25.2 Å². The molecule has 3 nitrogen and oxygen atoms in total. The maximum Gasteiger partial charge on any atom is 0.127 e. The van der Waals surface area contributed by atoms with Gasteiger partial charge in [-0.15, -0.1) is 0 Å². The predicted molar refractivity (Wildman–Crippen MR) is 98.4 cm³/mol. The van der Waals surface area contributed by atoms with Crippen molar-refractivity contribution in [3.63, 3.8) is 0 Å². The number of ether oxygens (including phenoxy) is 2. The maximum atomic E-state index is 6.08.